The highest BCUT2D eigenvalue weighted by Gasteiger charge is 2.41. The van der Waals surface area contributed by atoms with E-state index in [-0.39, 0.29) is 36.9 Å². The molecular formula is C30H30F7N3O3. The molecule has 2 atom stereocenters. The van der Waals surface area contributed by atoms with Crippen LogP contribution in [0.2, 0.25) is 0 Å². The number of aryl methyl sites for hydroxylation is 1. The molecule has 0 saturated carbocycles. The fourth-order valence-electron chi connectivity index (χ4n) is 5.22. The lowest BCUT2D eigenvalue weighted by Gasteiger charge is -2.32. The number of benzene rings is 2. The SMILES string of the molecule is Cc1cc(-c2cc(N3C[C@@H](O)C[C@H]3CO)ncc2N(C)C(=O)C(C)(C)c2cc(C(F)(F)F)cc(C(F)(F)F)c2)ccc1F. The van der Waals surface area contributed by atoms with Gasteiger partial charge in [0.1, 0.15) is 11.6 Å². The topological polar surface area (TPSA) is 76.9 Å². The maximum atomic E-state index is 14.1. The summed E-state index contributed by atoms with van der Waals surface area (Å²) in [5, 5.41) is 20.0. The van der Waals surface area contributed by atoms with Gasteiger partial charge in [-0.1, -0.05) is 6.07 Å². The maximum Gasteiger partial charge on any atom is 0.416 e. The number of alkyl halides is 6. The van der Waals surface area contributed by atoms with Crippen molar-refractivity contribution in [2.75, 3.05) is 30.0 Å². The van der Waals surface area contributed by atoms with Gasteiger partial charge >= 0.3 is 12.4 Å². The van der Waals surface area contributed by atoms with Gasteiger partial charge in [-0.25, -0.2) is 9.37 Å². The fourth-order valence-corrected chi connectivity index (χ4v) is 5.22. The summed E-state index contributed by atoms with van der Waals surface area (Å²) in [6, 6.07) is 6.38. The number of carbonyl (C=O) groups is 1. The van der Waals surface area contributed by atoms with E-state index in [4.69, 9.17) is 0 Å². The molecular weight excluding hydrogens is 583 g/mol. The summed E-state index contributed by atoms with van der Waals surface area (Å²) < 4.78 is 95.5. The van der Waals surface area contributed by atoms with Gasteiger partial charge in [0.2, 0.25) is 5.91 Å². The molecule has 0 radical (unpaired) electrons. The predicted molar refractivity (Wildman–Crippen MR) is 146 cm³/mol. The highest BCUT2D eigenvalue weighted by atomic mass is 19.4. The smallest absolute Gasteiger partial charge is 0.394 e. The van der Waals surface area contributed by atoms with Crippen LogP contribution in [0.4, 0.5) is 42.2 Å². The number of amides is 1. The van der Waals surface area contributed by atoms with Crippen LogP contribution in [0.1, 0.15) is 42.5 Å². The zero-order valence-corrected chi connectivity index (χ0v) is 23.7. The van der Waals surface area contributed by atoms with Gasteiger partial charge < -0.3 is 20.0 Å². The number of nitrogens with zero attached hydrogens (tertiary/aromatic N) is 3. The average molecular weight is 614 g/mol. The largest absolute Gasteiger partial charge is 0.416 e. The Balaban J connectivity index is 1.83. The second kappa shape index (κ2) is 11.4. The van der Waals surface area contributed by atoms with Crippen molar-refractivity contribution in [2.45, 2.75) is 57.1 Å². The highest BCUT2D eigenvalue weighted by Crippen LogP contribution is 2.41. The van der Waals surface area contributed by atoms with Crippen LogP contribution in [0.25, 0.3) is 11.1 Å². The number of hydrogen-bond donors (Lipinski definition) is 2. The minimum absolute atomic E-state index is 0.000323. The van der Waals surface area contributed by atoms with Gasteiger partial charge in [0.15, 0.2) is 0 Å². The van der Waals surface area contributed by atoms with Gasteiger partial charge in [0.25, 0.3) is 0 Å². The van der Waals surface area contributed by atoms with Crippen molar-refractivity contribution in [3.05, 3.63) is 76.7 Å². The molecule has 3 aromatic rings. The maximum absolute atomic E-state index is 14.1. The molecule has 4 rings (SSSR count). The first kappa shape index (κ1) is 32.2. The van der Waals surface area contributed by atoms with E-state index in [0.29, 0.717) is 29.1 Å². The molecule has 0 unspecified atom stereocenters. The van der Waals surface area contributed by atoms with E-state index >= 15 is 0 Å². The number of β-amino-alcohol motifs (C(OH)–C–C–N with tert-alkyl or cyclic N) is 1. The third kappa shape index (κ3) is 6.47. The van der Waals surface area contributed by atoms with Crippen LogP contribution in [-0.4, -0.2) is 53.4 Å². The Morgan fingerprint density at radius 3 is 2.12 bits per heavy atom. The zero-order valence-electron chi connectivity index (χ0n) is 23.7. The van der Waals surface area contributed by atoms with E-state index in [1.165, 1.54) is 52.2 Å². The lowest BCUT2D eigenvalue weighted by molar-refractivity contribution is -0.143. The van der Waals surface area contributed by atoms with Gasteiger partial charge in [-0.2, -0.15) is 26.3 Å². The van der Waals surface area contributed by atoms with Crippen LogP contribution in [0.15, 0.2) is 48.7 Å². The third-order valence-electron chi connectivity index (χ3n) is 7.74. The Hall–Kier alpha value is -3.71. The van der Waals surface area contributed by atoms with E-state index in [1.807, 2.05) is 0 Å². The number of hydrogen-bond acceptors (Lipinski definition) is 5. The quantitative estimate of drug-likeness (QED) is 0.329. The molecule has 2 heterocycles. The zero-order chi connectivity index (χ0) is 32.1. The van der Waals surface area contributed by atoms with Crippen molar-refractivity contribution in [1.82, 2.24) is 4.98 Å². The summed E-state index contributed by atoms with van der Waals surface area (Å²) in [6.45, 7) is 3.88. The molecule has 1 aromatic heterocycles. The number of rotatable bonds is 6. The van der Waals surface area contributed by atoms with Gasteiger partial charge in [0.05, 0.1) is 47.2 Å². The molecule has 2 aromatic carbocycles. The Labute approximate surface area is 243 Å². The highest BCUT2D eigenvalue weighted by molar-refractivity contribution is 6.03. The minimum Gasteiger partial charge on any atom is -0.394 e. The first-order valence-electron chi connectivity index (χ1n) is 13.2. The van der Waals surface area contributed by atoms with Crippen LogP contribution < -0.4 is 9.80 Å². The Morgan fingerprint density at radius 2 is 1.58 bits per heavy atom. The van der Waals surface area contributed by atoms with Crippen molar-refractivity contribution >= 4 is 17.4 Å². The average Bonchev–Trinajstić information content (AvgIpc) is 3.32. The molecule has 1 aliphatic rings. The van der Waals surface area contributed by atoms with E-state index < -0.39 is 58.3 Å². The van der Waals surface area contributed by atoms with Gasteiger partial charge in [-0.3, -0.25) is 4.79 Å². The second-order valence-electron chi connectivity index (χ2n) is 11.2. The first-order valence-corrected chi connectivity index (χ1v) is 13.2. The predicted octanol–water partition coefficient (Wildman–Crippen LogP) is 6.11. The monoisotopic (exact) mass is 613 g/mol. The summed E-state index contributed by atoms with van der Waals surface area (Å²) in [6.07, 6.45) is -9.32. The molecule has 0 aliphatic carbocycles. The van der Waals surface area contributed by atoms with Crippen LogP contribution in [0.5, 0.6) is 0 Å². The van der Waals surface area contributed by atoms with Crippen molar-refractivity contribution < 1.29 is 45.7 Å². The second-order valence-corrected chi connectivity index (χ2v) is 11.2. The fraction of sp³-hybridized carbons (Fsp3) is 0.400. The van der Waals surface area contributed by atoms with Crippen LogP contribution >= 0.6 is 0 Å². The van der Waals surface area contributed by atoms with Crippen molar-refractivity contribution in [3.63, 3.8) is 0 Å². The Morgan fingerprint density at radius 1 is 1.00 bits per heavy atom. The third-order valence-corrected chi connectivity index (χ3v) is 7.74. The number of halogens is 7. The summed E-state index contributed by atoms with van der Waals surface area (Å²) in [4.78, 5) is 21.0. The summed E-state index contributed by atoms with van der Waals surface area (Å²) >= 11 is 0. The molecule has 232 valence electrons. The summed E-state index contributed by atoms with van der Waals surface area (Å²) in [7, 11) is 1.31. The molecule has 0 bridgehead atoms. The number of aliphatic hydroxyl groups excluding tert-OH is 2. The first-order chi connectivity index (χ1) is 19.8. The number of anilines is 2. The molecule has 1 amide bonds. The number of carbonyl (C=O) groups excluding carboxylic acids is 1. The summed E-state index contributed by atoms with van der Waals surface area (Å²) in [5.74, 6) is -0.985. The van der Waals surface area contributed by atoms with Crippen LogP contribution in [0, 0.1) is 12.7 Å². The standard InChI is InChI=1S/C30H30F7N3O3/c1-16-7-17(5-6-24(16)31)23-12-26(40-14-22(42)11-21(40)15-41)38-13-25(23)39(4)27(43)28(2,3)18-8-19(29(32,33)34)10-20(9-18)30(35,36)37/h5-10,12-13,21-22,41-42H,11,14-15H2,1-4H3/t21-,22-/m0/s1. The van der Waals surface area contributed by atoms with E-state index in [9.17, 15) is 45.7 Å². The van der Waals surface area contributed by atoms with Gasteiger partial charge in [-0.05, 0) is 80.3 Å². The Kier molecular flexibility index (Phi) is 8.55. The molecule has 0 spiro atoms. The molecule has 1 aliphatic heterocycles. The van der Waals surface area contributed by atoms with E-state index in [0.717, 1.165) is 4.90 Å². The van der Waals surface area contributed by atoms with Gasteiger partial charge in [0, 0.05) is 19.2 Å². The van der Waals surface area contributed by atoms with Crippen LogP contribution in [0.3, 0.4) is 0 Å². The van der Waals surface area contributed by atoms with Crippen molar-refractivity contribution in [3.8, 4) is 11.1 Å². The van der Waals surface area contributed by atoms with E-state index in [2.05, 4.69) is 4.98 Å². The molecule has 1 saturated heterocycles. The van der Waals surface area contributed by atoms with Gasteiger partial charge in [-0.15, -0.1) is 0 Å². The molecule has 6 nitrogen and oxygen atoms in total. The minimum atomic E-state index is -5.09. The number of aliphatic hydroxyl groups is 2. The molecule has 2 N–H and O–H groups in total. The lowest BCUT2D eigenvalue weighted by Crippen LogP contribution is -2.42. The van der Waals surface area contributed by atoms with Crippen molar-refractivity contribution in [1.29, 1.82) is 0 Å². The van der Waals surface area contributed by atoms with Crippen LogP contribution in [-0.2, 0) is 22.6 Å². The van der Waals surface area contributed by atoms with E-state index in [1.54, 1.807) is 11.0 Å². The Bertz CT molecular complexity index is 1490. The number of pyridine rings is 1. The number of aromatic nitrogens is 1. The summed E-state index contributed by atoms with van der Waals surface area (Å²) in [5.41, 5.74) is -4.20. The van der Waals surface area contributed by atoms with Crippen molar-refractivity contribution in [2.24, 2.45) is 0 Å². The lowest BCUT2D eigenvalue weighted by atomic mass is 9.81. The molecule has 13 heteroatoms. The molecule has 43 heavy (non-hydrogen) atoms. The number of likely N-dealkylation sites (N-methyl/N-ethyl adjacent to an activating group) is 1. The molecule has 1 fully saturated rings. The normalized spacial score (nSPS) is 17.8.